The van der Waals surface area contributed by atoms with Crippen molar-refractivity contribution in [3.05, 3.63) is 54.0 Å². The summed E-state index contributed by atoms with van der Waals surface area (Å²) in [5.41, 5.74) is 5.27. The third-order valence-electron chi connectivity index (χ3n) is 3.52. The highest BCUT2D eigenvalue weighted by Gasteiger charge is 2.30. The first-order chi connectivity index (χ1) is 12.5. The molecule has 132 valence electrons. The number of hydrogen-bond acceptors (Lipinski definition) is 7. The second kappa shape index (κ2) is 7.43. The summed E-state index contributed by atoms with van der Waals surface area (Å²) in [5, 5.41) is 7.47. The number of rotatable bonds is 5. The van der Waals surface area contributed by atoms with Gasteiger partial charge in [0.05, 0.1) is 18.4 Å². The fraction of sp³-hybridized carbons (Fsp3) is 0.118. The van der Waals surface area contributed by atoms with E-state index in [1.165, 1.54) is 18.5 Å². The Kier molecular flexibility index (Phi) is 4.88. The Morgan fingerprint density at radius 1 is 1.31 bits per heavy atom. The molecule has 9 nitrogen and oxygen atoms in total. The van der Waals surface area contributed by atoms with Crippen molar-refractivity contribution >= 4 is 29.7 Å². The SMILES string of the molecule is C[C@@H]1C(=O)NN=C1C(=O)N/N=C\c1ccc(OC(=O)c2ccco2)cc1. The fourth-order valence-electron chi connectivity index (χ4n) is 2.08. The average molecular weight is 354 g/mol. The minimum absolute atomic E-state index is 0.0762. The highest BCUT2D eigenvalue weighted by molar-refractivity contribution is 6.44. The molecule has 2 amide bonds. The molecule has 3 rings (SSSR count). The molecule has 0 radical (unpaired) electrons. The van der Waals surface area contributed by atoms with E-state index in [0.717, 1.165) is 0 Å². The van der Waals surface area contributed by atoms with Crippen molar-refractivity contribution in [2.45, 2.75) is 6.92 Å². The zero-order valence-corrected chi connectivity index (χ0v) is 13.6. The number of amides is 2. The van der Waals surface area contributed by atoms with Gasteiger partial charge in [0.1, 0.15) is 11.5 Å². The second-order valence-electron chi connectivity index (χ2n) is 5.33. The molecule has 1 aromatic heterocycles. The first kappa shape index (κ1) is 17.1. The van der Waals surface area contributed by atoms with Gasteiger partial charge in [-0.2, -0.15) is 10.2 Å². The Labute approximate surface area is 147 Å². The van der Waals surface area contributed by atoms with Crippen molar-refractivity contribution < 1.29 is 23.5 Å². The Bertz CT molecular complexity index is 884. The second-order valence-corrected chi connectivity index (χ2v) is 5.33. The molecule has 1 aliphatic rings. The van der Waals surface area contributed by atoms with Gasteiger partial charge < -0.3 is 9.15 Å². The molecule has 1 atom stereocenters. The van der Waals surface area contributed by atoms with Gasteiger partial charge in [0.15, 0.2) is 0 Å². The van der Waals surface area contributed by atoms with Crippen LogP contribution >= 0.6 is 0 Å². The van der Waals surface area contributed by atoms with Gasteiger partial charge in [-0.1, -0.05) is 0 Å². The van der Waals surface area contributed by atoms with Crippen LogP contribution in [0.3, 0.4) is 0 Å². The Hall–Kier alpha value is -3.75. The Morgan fingerprint density at radius 3 is 2.69 bits per heavy atom. The van der Waals surface area contributed by atoms with Crippen LogP contribution in [0.4, 0.5) is 0 Å². The standard InChI is InChI=1S/C17H14N4O5/c1-10-14(19-21-15(10)22)16(23)20-18-9-11-4-6-12(7-5-11)26-17(24)13-3-2-8-25-13/h2-10H,1H3,(H,20,23)(H,21,22)/b18-9-/t10-/m0/s1. The van der Waals surface area contributed by atoms with E-state index in [-0.39, 0.29) is 17.4 Å². The van der Waals surface area contributed by atoms with Crippen molar-refractivity contribution in [2.75, 3.05) is 0 Å². The lowest BCUT2D eigenvalue weighted by molar-refractivity contribution is -0.122. The number of ether oxygens (including phenoxy) is 1. The molecule has 0 fully saturated rings. The van der Waals surface area contributed by atoms with E-state index < -0.39 is 17.8 Å². The number of hydrogen-bond donors (Lipinski definition) is 2. The molecule has 0 aliphatic carbocycles. The van der Waals surface area contributed by atoms with Crippen molar-refractivity contribution in [3.63, 3.8) is 0 Å². The molecule has 0 saturated heterocycles. The molecule has 9 heteroatoms. The molecule has 2 N–H and O–H groups in total. The highest BCUT2D eigenvalue weighted by Crippen LogP contribution is 2.14. The first-order valence-corrected chi connectivity index (χ1v) is 7.61. The minimum Gasteiger partial charge on any atom is -0.457 e. The summed E-state index contributed by atoms with van der Waals surface area (Å²) < 4.78 is 10.1. The van der Waals surface area contributed by atoms with Crippen LogP contribution in [0.15, 0.2) is 57.3 Å². The fourth-order valence-corrected chi connectivity index (χ4v) is 2.08. The van der Waals surface area contributed by atoms with Crippen molar-refractivity contribution in [1.82, 2.24) is 10.9 Å². The van der Waals surface area contributed by atoms with Crippen LogP contribution in [-0.4, -0.2) is 29.7 Å². The summed E-state index contributed by atoms with van der Waals surface area (Å²) in [5.74, 6) is -1.66. The number of nitrogens with one attached hydrogen (secondary N) is 2. The van der Waals surface area contributed by atoms with E-state index in [2.05, 4.69) is 21.1 Å². The van der Waals surface area contributed by atoms with Crippen LogP contribution in [0, 0.1) is 5.92 Å². The molecular weight excluding hydrogens is 340 g/mol. The molecule has 1 aromatic carbocycles. The summed E-state index contributed by atoms with van der Waals surface area (Å²) in [6.45, 7) is 1.58. The van der Waals surface area contributed by atoms with Crippen molar-refractivity contribution in [1.29, 1.82) is 0 Å². The molecule has 1 aliphatic heterocycles. The van der Waals surface area contributed by atoms with Gasteiger partial charge in [0, 0.05) is 0 Å². The van der Waals surface area contributed by atoms with Crippen molar-refractivity contribution in [3.8, 4) is 5.75 Å². The number of benzene rings is 1. The lowest BCUT2D eigenvalue weighted by atomic mass is 10.1. The van der Waals surface area contributed by atoms with E-state index in [1.807, 2.05) is 0 Å². The molecule has 2 aromatic rings. The van der Waals surface area contributed by atoms with E-state index in [1.54, 1.807) is 37.3 Å². The lowest BCUT2D eigenvalue weighted by Gasteiger charge is -2.03. The van der Waals surface area contributed by atoms with Gasteiger partial charge in [-0.3, -0.25) is 9.59 Å². The number of hydrazone groups is 2. The van der Waals surface area contributed by atoms with Gasteiger partial charge in [0.25, 0.3) is 5.91 Å². The zero-order valence-electron chi connectivity index (χ0n) is 13.6. The molecule has 26 heavy (non-hydrogen) atoms. The Balaban J connectivity index is 1.54. The Morgan fingerprint density at radius 2 is 2.08 bits per heavy atom. The van der Waals surface area contributed by atoms with Crippen LogP contribution in [0.2, 0.25) is 0 Å². The van der Waals surface area contributed by atoms with E-state index in [4.69, 9.17) is 9.15 Å². The molecule has 0 spiro atoms. The summed E-state index contributed by atoms with van der Waals surface area (Å²) in [6, 6.07) is 9.56. The highest BCUT2D eigenvalue weighted by atomic mass is 16.5. The van der Waals surface area contributed by atoms with Crippen LogP contribution in [0.25, 0.3) is 0 Å². The third-order valence-corrected chi connectivity index (χ3v) is 3.52. The van der Waals surface area contributed by atoms with Gasteiger partial charge in [-0.05, 0) is 48.9 Å². The first-order valence-electron chi connectivity index (χ1n) is 7.61. The topological polar surface area (TPSA) is 122 Å². The van der Waals surface area contributed by atoms with E-state index in [9.17, 15) is 14.4 Å². The maximum absolute atomic E-state index is 11.9. The lowest BCUT2D eigenvalue weighted by Crippen LogP contribution is -2.32. The molecule has 2 heterocycles. The van der Waals surface area contributed by atoms with Gasteiger partial charge >= 0.3 is 5.97 Å². The summed E-state index contributed by atoms with van der Waals surface area (Å²) >= 11 is 0. The van der Waals surface area contributed by atoms with Crippen LogP contribution in [0.5, 0.6) is 5.75 Å². The molecular formula is C17H14N4O5. The largest absolute Gasteiger partial charge is 0.457 e. The quantitative estimate of drug-likeness (QED) is 0.360. The third kappa shape index (κ3) is 3.83. The minimum atomic E-state index is -0.617. The number of carbonyl (C=O) groups excluding carboxylic acids is 3. The zero-order chi connectivity index (χ0) is 18.5. The molecule has 0 saturated carbocycles. The monoisotopic (exact) mass is 354 g/mol. The molecule has 0 unspecified atom stereocenters. The van der Waals surface area contributed by atoms with Gasteiger partial charge in [0.2, 0.25) is 11.7 Å². The van der Waals surface area contributed by atoms with Crippen molar-refractivity contribution in [2.24, 2.45) is 16.1 Å². The predicted octanol–water partition coefficient (Wildman–Crippen LogP) is 1.07. The van der Waals surface area contributed by atoms with Crippen LogP contribution in [-0.2, 0) is 9.59 Å². The number of carbonyl (C=O) groups is 3. The summed E-state index contributed by atoms with van der Waals surface area (Å²) in [7, 11) is 0. The maximum Gasteiger partial charge on any atom is 0.379 e. The smallest absolute Gasteiger partial charge is 0.379 e. The van der Waals surface area contributed by atoms with E-state index in [0.29, 0.717) is 11.3 Å². The predicted molar refractivity (Wildman–Crippen MR) is 90.6 cm³/mol. The maximum atomic E-state index is 11.9. The summed E-state index contributed by atoms with van der Waals surface area (Å²) in [4.78, 5) is 34.9. The number of nitrogens with zero attached hydrogens (tertiary/aromatic N) is 2. The van der Waals surface area contributed by atoms with Crippen LogP contribution < -0.4 is 15.6 Å². The van der Waals surface area contributed by atoms with Crippen LogP contribution in [0.1, 0.15) is 23.0 Å². The van der Waals surface area contributed by atoms with E-state index >= 15 is 0 Å². The summed E-state index contributed by atoms with van der Waals surface area (Å²) in [6.07, 6.45) is 2.79. The van der Waals surface area contributed by atoms with Gasteiger partial charge in [-0.25, -0.2) is 15.6 Å². The normalized spacial score (nSPS) is 16.3. The molecule has 0 bridgehead atoms. The number of esters is 1. The average Bonchev–Trinajstić information content (AvgIpc) is 3.28. The number of furan rings is 1. The van der Waals surface area contributed by atoms with Gasteiger partial charge in [-0.15, -0.1) is 0 Å².